The number of rotatable bonds is 5. The third-order valence-corrected chi connectivity index (χ3v) is 6.36. The predicted octanol–water partition coefficient (Wildman–Crippen LogP) is 2.85. The fraction of sp³-hybridized carbons (Fsp3) is 0.417. The van der Waals surface area contributed by atoms with Crippen LogP contribution in [0.25, 0.3) is 0 Å². The van der Waals surface area contributed by atoms with Crippen molar-refractivity contribution < 1.29 is 18.3 Å². The van der Waals surface area contributed by atoms with Crippen LogP contribution in [0.4, 0.5) is 0 Å². The maximum atomic E-state index is 12.0. The Morgan fingerprint density at radius 2 is 1.90 bits per heavy atom. The molecule has 1 unspecified atom stereocenters. The first-order valence-corrected chi connectivity index (χ1v) is 11.1. The van der Waals surface area contributed by atoms with E-state index in [0.717, 1.165) is 19.0 Å². The number of phenols is 1. The zero-order valence-electron chi connectivity index (χ0n) is 11.3. The molecule has 1 rings (SSSR count). The predicted molar refractivity (Wildman–Crippen MR) is 107 cm³/mol. The van der Waals surface area contributed by atoms with Crippen LogP contribution >= 0.6 is 67.8 Å². The Hall–Kier alpha value is 0.630. The molecule has 1 atom stereocenters. The van der Waals surface area contributed by atoms with Gasteiger partial charge in [0.05, 0.1) is 13.4 Å². The van der Waals surface area contributed by atoms with E-state index in [4.69, 9.17) is 0 Å². The lowest BCUT2D eigenvalue weighted by Gasteiger charge is -2.17. The minimum atomic E-state index is -3.56. The van der Waals surface area contributed by atoms with Crippen LogP contribution in [-0.2, 0) is 21.2 Å². The molecule has 0 aliphatic carbocycles. The molecule has 1 aromatic rings. The van der Waals surface area contributed by atoms with Gasteiger partial charge in [0.1, 0.15) is 5.75 Å². The largest absolute Gasteiger partial charge is 0.506 e. The number of hydrogen-bond donors (Lipinski definition) is 2. The third-order valence-electron chi connectivity index (χ3n) is 2.84. The first kappa shape index (κ1) is 19.7. The summed E-state index contributed by atoms with van der Waals surface area (Å²) < 4.78 is 26.8. The lowest BCUT2D eigenvalue weighted by molar-refractivity contribution is -0.123. The van der Waals surface area contributed by atoms with Crippen molar-refractivity contribution in [2.24, 2.45) is 5.92 Å². The maximum Gasteiger partial charge on any atom is 0.236 e. The monoisotopic (exact) mass is 649 g/mol. The summed E-state index contributed by atoms with van der Waals surface area (Å²) in [6, 6.07) is 1.84. The number of halogens is 3. The second kappa shape index (κ2) is 7.95. The number of amides is 1. The van der Waals surface area contributed by atoms with Crippen molar-refractivity contribution in [1.29, 1.82) is 0 Å². The molecule has 0 aliphatic rings. The Balaban J connectivity index is 3.08. The Morgan fingerprint density at radius 3 is 2.38 bits per heavy atom. The molecule has 0 radical (unpaired) electrons. The molecular formula is C12H14I3NO4S. The maximum absolute atomic E-state index is 12.0. The van der Waals surface area contributed by atoms with Crippen LogP contribution in [-0.4, -0.2) is 25.7 Å². The highest BCUT2D eigenvalue weighted by Crippen LogP contribution is 2.34. The van der Waals surface area contributed by atoms with Gasteiger partial charge in [-0.25, -0.2) is 8.42 Å². The molecule has 0 aliphatic heterocycles. The second-order valence-electron chi connectivity index (χ2n) is 4.53. The summed E-state index contributed by atoms with van der Waals surface area (Å²) in [6.07, 6.45) is 1.86. The highest BCUT2D eigenvalue weighted by atomic mass is 127. The summed E-state index contributed by atoms with van der Waals surface area (Å²) in [4.78, 5) is 12.0. The number of phenolic OH excluding ortho intramolecular Hbond substituents is 1. The van der Waals surface area contributed by atoms with Crippen molar-refractivity contribution in [1.82, 2.24) is 4.72 Å². The van der Waals surface area contributed by atoms with Crippen LogP contribution in [0.5, 0.6) is 5.75 Å². The van der Waals surface area contributed by atoms with Gasteiger partial charge >= 0.3 is 0 Å². The highest BCUT2D eigenvalue weighted by molar-refractivity contribution is 14.1. The van der Waals surface area contributed by atoms with E-state index in [-0.39, 0.29) is 5.75 Å². The van der Waals surface area contributed by atoms with E-state index in [1.807, 2.05) is 62.9 Å². The Bertz CT molecular complexity index is 661. The van der Waals surface area contributed by atoms with E-state index in [2.05, 4.69) is 22.6 Å². The average molecular weight is 649 g/mol. The molecule has 118 valence electrons. The Kier molecular flexibility index (Phi) is 7.44. The first-order valence-electron chi connectivity index (χ1n) is 5.93. The fourth-order valence-electron chi connectivity index (χ4n) is 1.74. The van der Waals surface area contributed by atoms with Gasteiger partial charge in [-0.15, -0.1) is 0 Å². The molecule has 0 saturated heterocycles. The molecule has 1 aromatic carbocycles. The van der Waals surface area contributed by atoms with Crippen molar-refractivity contribution >= 4 is 83.7 Å². The summed E-state index contributed by atoms with van der Waals surface area (Å²) in [5.74, 6) is -0.768. The number of aromatic hydroxyl groups is 1. The number of carbonyl (C=O) groups is 1. The average Bonchev–Trinajstić information content (AvgIpc) is 2.34. The lowest BCUT2D eigenvalue weighted by atomic mass is 9.96. The number of sulfonamides is 1. The van der Waals surface area contributed by atoms with Crippen LogP contribution < -0.4 is 4.72 Å². The van der Waals surface area contributed by atoms with Crippen molar-refractivity contribution in [3.63, 3.8) is 0 Å². The molecule has 0 saturated carbocycles. The van der Waals surface area contributed by atoms with Crippen molar-refractivity contribution in [3.05, 3.63) is 22.3 Å². The molecular weight excluding hydrogens is 635 g/mol. The smallest absolute Gasteiger partial charge is 0.236 e. The van der Waals surface area contributed by atoms with E-state index >= 15 is 0 Å². The van der Waals surface area contributed by atoms with E-state index < -0.39 is 21.8 Å². The molecule has 0 spiro atoms. The zero-order valence-corrected chi connectivity index (χ0v) is 18.6. The Morgan fingerprint density at radius 1 is 1.33 bits per heavy atom. The van der Waals surface area contributed by atoms with Gasteiger partial charge in [0.2, 0.25) is 15.9 Å². The van der Waals surface area contributed by atoms with Crippen molar-refractivity contribution in [2.45, 2.75) is 19.8 Å². The topological polar surface area (TPSA) is 83.5 Å². The number of hydrogen-bond acceptors (Lipinski definition) is 4. The highest BCUT2D eigenvalue weighted by Gasteiger charge is 2.23. The van der Waals surface area contributed by atoms with Crippen LogP contribution in [0.1, 0.15) is 18.9 Å². The van der Waals surface area contributed by atoms with Gasteiger partial charge < -0.3 is 5.11 Å². The molecule has 0 heterocycles. The van der Waals surface area contributed by atoms with Gasteiger partial charge in [-0.2, -0.15) is 0 Å². The fourth-order valence-corrected chi connectivity index (χ4v) is 6.09. The molecule has 0 aromatic heterocycles. The minimum Gasteiger partial charge on any atom is -0.506 e. The van der Waals surface area contributed by atoms with Gasteiger partial charge in [0.15, 0.2) is 0 Å². The zero-order chi connectivity index (χ0) is 16.4. The minimum absolute atomic E-state index is 0.199. The number of nitrogens with one attached hydrogen (secondary N) is 1. The van der Waals surface area contributed by atoms with Crippen LogP contribution in [0.15, 0.2) is 6.07 Å². The van der Waals surface area contributed by atoms with Gasteiger partial charge in [0.25, 0.3) is 0 Å². The van der Waals surface area contributed by atoms with Gasteiger partial charge in [-0.05, 0) is 92.2 Å². The second-order valence-corrected chi connectivity index (χ2v) is 9.68. The quantitative estimate of drug-likeness (QED) is 0.482. The summed E-state index contributed by atoms with van der Waals surface area (Å²) in [6.45, 7) is 1.83. The molecule has 0 bridgehead atoms. The van der Waals surface area contributed by atoms with Crippen LogP contribution in [0.3, 0.4) is 0 Å². The normalized spacial score (nSPS) is 13.0. The van der Waals surface area contributed by atoms with Crippen LogP contribution in [0.2, 0.25) is 0 Å². The summed E-state index contributed by atoms with van der Waals surface area (Å²) in [5.41, 5.74) is 0.865. The first-order chi connectivity index (χ1) is 9.56. The molecule has 1 amide bonds. The SMILES string of the molecule is CCC(Cc1c(I)cc(I)c(O)c1I)C(=O)NS(C)(=O)=O. The summed E-state index contributed by atoms with van der Waals surface area (Å²) >= 11 is 6.26. The van der Waals surface area contributed by atoms with Crippen LogP contribution in [0, 0.1) is 16.6 Å². The van der Waals surface area contributed by atoms with E-state index in [1.165, 1.54) is 0 Å². The van der Waals surface area contributed by atoms with Crippen molar-refractivity contribution in [2.75, 3.05) is 6.26 Å². The number of carbonyl (C=O) groups excluding carboxylic acids is 1. The Labute approximate surface area is 165 Å². The summed E-state index contributed by atoms with van der Waals surface area (Å²) in [5, 5.41) is 10.0. The van der Waals surface area contributed by atoms with Crippen molar-refractivity contribution in [3.8, 4) is 5.75 Å². The van der Waals surface area contributed by atoms with E-state index in [0.29, 0.717) is 16.4 Å². The standard InChI is InChI=1S/C12H14I3NO4S/c1-3-6(12(18)16-21(2,19)20)4-7-8(13)5-9(14)11(17)10(7)15/h5-6,17H,3-4H2,1-2H3,(H,16,18). The molecule has 5 nitrogen and oxygen atoms in total. The molecule has 2 N–H and O–H groups in total. The molecule has 9 heteroatoms. The van der Waals surface area contributed by atoms with E-state index in [9.17, 15) is 18.3 Å². The summed E-state index contributed by atoms with van der Waals surface area (Å²) in [7, 11) is -3.56. The molecule has 0 fully saturated rings. The van der Waals surface area contributed by atoms with E-state index in [1.54, 1.807) is 0 Å². The lowest BCUT2D eigenvalue weighted by Crippen LogP contribution is -2.35. The number of benzene rings is 1. The van der Waals surface area contributed by atoms with Gasteiger partial charge in [-0.1, -0.05) is 6.92 Å². The third kappa shape index (κ3) is 5.64. The van der Waals surface area contributed by atoms with Gasteiger partial charge in [0, 0.05) is 9.49 Å². The molecule has 21 heavy (non-hydrogen) atoms. The van der Waals surface area contributed by atoms with Gasteiger partial charge in [-0.3, -0.25) is 9.52 Å².